The number of halogens is 1. The largest absolute Gasteiger partial charge is 0.354 e. The molecule has 214 valence electrons. The molecule has 0 spiro atoms. The number of rotatable bonds is 11. The summed E-state index contributed by atoms with van der Waals surface area (Å²) >= 11 is 6.06. The number of nitrogens with one attached hydrogen (secondary N) is 1. The van der Waals surface area contributed by atoms with Crippen molar-refractivity contribution in [1.29, 1.82) is 0 Å². The molecule has 1 N–H and O–H groups in total. The monoisotopic (exact) mass is 583 g/mol. The van der Waals surface area contributed by atoms with Gasteiger partial charge in [0.2, 0.25) is 11.8 Å². The second kappa shape index (κ2) is 13.3. The summed E-state index contributed by atoms with van der Waals surface area (Å²) in [7, 11) is -4.11. The molecule has 0 aromatic heterocycles. The van der Waals surface area contributed by atoms with E-state index in [-0.39, 0.29) is 23.3 Å². The molecular formula is C31H38ClN3O4S. The molecule has 9 heteroatoms. The molecular weight excluding hydrogens is 546 g/mol. The zero-order valence-electron chi connectivity index (χ0n) is 23.9. The number of hydrogen-bond donors (Lipinski definition) is 1. The zero-order valence-corrected chi connectivity index (χ0v) is 25.5. The van der Waals surface area contributed by atoms with Gasteiger partial charge in [-0.25, -0.2) is 8.42 Å². The third-order valence-corrected chi connectivity index (χ3v) is 8.82. The van der Waals surface area contributed by atoms with Crippen LogP contribution >= 0.6 is 11.6 Å². The summed E-state index contributed by atoms with van der Waals surface area (Å²) in [5, 5.41) is 3.44. The summed E-state index contributed by atoms with van der Waals surface area (Å²) in [4.78, 5) is 28.5. The number of aryl methyl sites for hydroxylation is 3. The van der Waals surface area contributed by atoms with Crippen LogP contribution in [0.4, 0.5) is 5.69 Å². The Labute approximate surface area is 243 Å². The van der Waals surface area contributed by atoms with E-state index in [4.69, 9.17) is 11.6 Å². The Morgan fingerprint density at radius 1 is 0.875 bits per heavy atom. The molecule has 0 bridgehead atoms. The minimum absolute atomic E-state index is 0.0797. The van der Waals surface area contributed by atoms with Crippen molar-refractivity contribution < 1.29 is 18.0 Å². The molecule has 1 atom stereocenters. The van der Waals surface area contributed by atoms with E-state index >= 15 is 0 Å². The molecule has 0 aliphatic carbocycles. The van der Waals surface area contributed by atoms with Crippen LogP contribution in [0.5, 0.6) is 0 Å². The van der Waals surface area contributed by atoms with Crippen molar-refractivity contribution in [2.24, 2.45) is 5.92 Å². The lowest BCUT2D eigenvalue weighted by atomic mass is 10.1. The van der Waals surface area contributed by atoms with Crippen LogP contribution in [0.25, 0.3) is 0 Å². The first-order valence-electron chi connectivity index (χ1n) is 13.3. The standard InChI is InChI=1S/C31H38ClN3O4S/c1-21(2)18-33-31(37)25(6)34(19-26-10-12-27(32)13-11-26)30(36)20-35(28-14-9-23(4)24(5)17-28)40(38,39)29-15-7-22(3)8-16-29/h7-17,21,25H,18-20H2,1-6H3,(H,33,37)/t25-/m0/s1. The van der Waals surface area contributed by atoms with E-state index in [9.17, 15) is 18.0 Å². The van der Waals surface area contributed by atoms with Gasteiger partial charge in [0, 0.05) is 18.1 Å². The Balaban J connectivity index is 2.03. The van der Waals surface area contributed by atoms with E-state index in [1.807, 2.05) is 40.7 Å². The molecule has 40 heavy (non-hydrogen) atoms. The number of nitrogens with zero attached hydrogens (tertiary/aromatic N) is 2. The molecule has 0 saturated heterocycles. The quantitative estimate of drug-likeness (QED) is 0.316. The van der Waals surface area contributed by atoms with Crippen molar-refractivity contribution in [3.63, 3.8) is 0 Å². The molecule has 0 saturated carbocycles. The van der Waals surface area contributed by atoms with Gasteiger partial charge in [-0.1, -0.05) is 61.3 Å². The van der Waals surface area contributed by atoms with Gasteiger partial charge in [-0.05, 0) is 86.7 Å². The van der Waals surface area contributed by atoms with Gasteiger partial charge in [0.1, 0.15) is 12.6 Å². The molecule has 0 radical (unpaired) electrons. The molecule has 3 aromatic rings. The van der Waals surface area contributed by atoms with Crippen LogP contribution < -0.4 is 9.62 Å². The van der Waals surface area contributed by atoms with Gasteiger partial charge in [-0.2, -0.15) is 0 Å². The van der Waals surface area contributed by atoms with Crippen LogP contribution in [0, 0.1) is 26.7 Å². The molecule has 3 rings (SSSR count). The minimum Gasteiger partial charge on any atom is -0.354 e. The molecule has 0 aliphatic heterocycles. The number of anilines is 1. The van der Waals surface area contributed by atoms with Crippen LogP contribution in [0.2, 0.25) is 5.02 Å². The molecule has 0 fully saturated rings. The summed E-state index contributed by atoms with van der Waals surface area (Å²) in [5.41, 5.74) is 3.96. The average molecular weight is 584 g/mol. The van der Waals surface area contributed by atoms with Crippen LogP contribution in [0.1, 0.15) is 43.0 Å². The predicted molar refractivity (Wildman–Crippen MR) is 161 cm³/mol. The van der Waals surface area contributed by atoms with Gasteiger partial charge in [0.15, 0.2) is 0 Å². The second-order valence-corrected chi connectivity index (χ2v) is 12.9. The van der Waals surface area contributed by atoms with Gasteiger partial charge in [-0.15, -0.1) is 0 Å². The molecule has 0 unspecified atom stereocenters. The third-order valence-electron chi connectivity index (χ3n) is 6.78. The highest BCUT2D eigenvalue weighted by molar-refractivity contribution is 7.92. The third kappa shape index (κ3) is 7.86. The Kier molecular flexibility index (Phi) is 10.4. The average Bonchev–Trinajstić information content (AvgIpc) is 2.91. The highest BCUT2D eigenvalue weighted by Gasteiger charge is 2.32. The van der Waals surface area contributed by atoms with E-state index in [1.165, 1.54) is 17.0 Å². The highest BCUT2D eigenvalue weighted by atomic mass is 35.5. The maximum Gasteiger partial charge on any atom is 0.264 e. The normalized spacial score (nSPS) is 12.2. The second-order valence-electron chi connectivity index (χ2n) is 10.6. The lowest BCUT2D eigenvalue weighted by molar-refractivity contribution is -0.139. The van der Waals surface area contributed by atoms with Crippen molar-refractivity contribution in [2.75, 3.05) is 17.4 Å². The zero-order chi connectivity index (χ0) is 29.6. The summed E-state index contributed by atoms with van der Waals surface area (Å²) < 4.78 is 29.0. The number of hydrogen-bond acceptors (Lipinski definition) is 4. The SMILES string of the molecule is Cc1ccc(S(=O)(=O)N(CC(=O)N(Cc2ccc(Cl)cc2)[C@@H](C)C(=O)NCC(C)C)c2ccc(C)c(C)c2)cc1. The predicted octanol–water partition coefficient (Wildman–Crippen LogP) is 5.65. The number of carbonyl (C=O) groups excluding carboxylic acids is 2. The van der Waals surface area contributed by atoms with Crippen LogP contribution in [0.3, 0.4) is 0 Å². The Hall–Kier alpha value is -3.36. The Morgan fingerprint density at radius 2 is 1.50 bits per heavy atom. The molecule has 0 heterocycles. The number of benzene rings is 3. The number of carbonyl (C=O) groups is 2. The lowest BCUT2D eigenvalue weighted by Crippen LogP contribution is -2.51. The number of sulfonamides is 1. The summed E-state index contributed by atoms with van der Waals surface area (Å²) in [6.45, 7) is 11.4. The molecule has 2 amide bonds. The fourth-order valence-corrected chi connectivity index (χ4v) is 5.60. The lowest BCUT2D eigenvalue weighted by Gasteiger charge is -2.32. The van der Waals surface area contributed by atoms with E-state index in [1.54, 1.807) is 55.5 Å². The molecule has 0 aliphatic rings. The summed E-state index contributed by atoms with van der Waals surface area (Å²) in [6, 6.07) is 18.0. The van der Waals surface area contributed by atoms with Crippen LogP contribution in [0.15, 0.2) is 71.6 Å². The minimum atomic E-state index is -4.11. The van der Waals surface area contributed by atoms with E-state index in [0.29, 0.717) is 17.3 Å². The van der Waals surface area contributed by atoms with E-state index in [0.717, 1.165) is 26.6 Å². The van der Waals surface area contributed by atoms with Gasteiger partial charge in [0.25, 0.3) is 10.0 Å². The van der Waals surface area contributed by atoms with Crippen molar-refractivity contribution in [3.8, 4) is 0 Å². The number of amides is 2. The van der Waals surface area contributed by atoms with Crippen molar-refractivity contribution in [2.45, 2.75) is 59.0 Å². The fraction of sp³-hybridized carbons (Fsp3) is 0.355. The van der Waals surface area contributed by atoms with Crippen molar-refractivity contribution in [1.82, 2.24) is 10.2 Å². The van der Waals surface area contributed by atoms with Crippen LogP contribution in [-0.4, -0.2) is 44.3 Å². The summed E-state index contributed by atoms with van der Waals surface area (Å²) in [6.07, 6.45) is 0. The van der Waals surface area contributed by atoms with Crippen LogP contribution in [-0.2, 0) is 26.2 Å². The molecule has 3 aromatic carbocycles. The maximum atomic E-state index is 14.0. The van der Waals surface area contributed by atoms with Gasteiger partial charge in [-0.3, -0.25) is 13.9 Å². The van der Waals surface area contributed by atoms with Gasteiger partial charge in [0.05, 0.1) is 10.6 Å². The van der Waals surface area contributed by atoms with E-state index in [2.05, 4.69) is 5.32 Å². The Morgan fingerprint density at radius 3 is 2.08 bits per heavy atom. The summed E-state index contributed by atoms with van der Waals surface area (Å²) in [5.74, 6) is -0.581. The van der Waals surface area contributed by atoms with Crippen molar-refractivity contribution in [3.05, 3.63) is 94.0 Å². The highest BCUT2D eigenvalue weighted by Crippen LogP contribution is 2.27. The topological polar surface area (TPSA) is 86.8 Å². The molecule has 7 nitrogen and oxygen atoms in total. The van der Waals surface area contributed by atoms with Crippen molar-refractivity contribution >= 4 is 39.1 Å². The first kappa shape index (κ1) is 31.2. The first-order valence-corrected chi connectivity index (χ1v) is 15.1. The fourth-order valence-electron chi connectivity index (χ4n) is 4.07. The maximum absolute atomic E-state index is 14.0. The Bertz CT molecular complexity index is 1440. The van der Waals surface area contributed by atoms with Gasteiger partial charge >= 0.3 is 0 Å². The van der Waals surface area contributed by atoms with E-state index < -0.39 is 28.5 Å². The first-order chi connectivity index (χ1) is 18.8. The smallest absolute Gasteiger partial charge is 0.264 e. The van der Waals surface area contributed by atoms with Gasteiger partial charge < -0.3 is 10.2 Å².